The van der Waals surface area contributed by atoms with Gasteiger partial charge in [0, 0.05) is 12.6 Å². The first kappa shape index (κ1) is 40.1. The van der Waals surface area contributed by atoms with Crippen LogP contribution in [0.4, 0.5) is 0 Å². The highest BCUT2D eigenvalue weighted by Crippen LogP contribution is 2.68. The first-order chi connectivity index (χ1) is 23.8. The van der Waals surface area contributed by atoms with E-state index in [0.717, 1.165) is 52.0 Å². The van der Waals surface area contributed by atoms with Crippen molar-refractivity contribution in [2.24, 2.45) is 52.3 Å². The maximum Gasteiger partial charge on any atom is 0.397 e. The second-order valence-corrected chi connectivity index (χ2v) is 18.8. The van der Waals surface area contributed by atoms with Crippen LogP contribution in [0.5, 0.6) is 0 Å². The summed E-state index contributed by atoms with van der Waals surface area (Å²) in [6.45, 7) is 16.6. The molecule has 50 heavy (non-hydrogen) atoms. The molecule has 0 bridgehead atoms. The molecule has 0 radical (unpaired) electrons. The molecule has 4 aliphatic rings. The Kier molecular flexibility index (Phi) is 14.3. The minimum Gasteiger partial charge on any atom is -0.393 e. The van der Waals surface area contributed by atoms with Gasteiger partial charge in [-0.1, -0.05) is 65.0 Å². The van der Waals surface area contributed by atoms with Crippen molar-refractivity contribution in [3.8, 4) is 0 Å². The molecule has 5 N–H and O–H groups in total. The van der Waals surface area contributed by atoms with E-state index in [2.05, 4.69) is 67.1 Å². The van der Waals surface area contributed by atoms with Gasteiger partial charge in [-0.05, 0) is 167 Å². The molecule has 1 aromatic carbocycles. The summed E-state index contributed by atoms with van der Waals surface area (Å²) < 4.78 is 37.2. The highest BCUT2D eigenvalue weighted by Gasteiger charge is 2.62. The lowest BCUT2D eigenvalue weighted by molar-refractivity contribution is -0.167. The number of nitrogens with one attached hydrogen (secondary N) is 3. The zero-order valence-corrected chi connectivity index (χ0v) is 32.7. The molecular weight excluding hydrogens is 647 g/mol. The Hall–Kier alpha value is -1.07. The van der Waals surface area contributed by atoms with Gasteiger partial charge in [-0.25, -0.2) is 4.18 Å². The van der Waals surface area contributed by atoms with E-state index in [9.17, 15) is 18.1 Å². The molecule has 3 unspecified atom stereocenters. The number of hydrogen-bond donors (Lipinski definition) is 5. The van der Waals surface area contributed by atoms with Crippen molar-refractivity contribution < 1.29 is 22.3 Å². The third kappa shape index (κ3) is 9.91. The van der Waals surface area contributed by atoms with Crippen LogP contribution in [0.25, 0.3) is 0 Å². The largest absolute Gasteiger partial charge is 0.397 e. The van der Waals surface area contributed by atoms with E-state index >= 15 is 0 Å². The molecule has 1 aromatic rings. The third-order valence-electron chi connectivity index (χ3n) is 14.4. The summed E-state index contributed by atoms with van der Waals surface area (Å²) in [6.07, 6.45) is 13.9. The van der Waals surface area contributed by atoms with Crippen LogP contribution in [0.15, 0.2) is 30.3 Å². The van der Waals surface area contributed by atoms with Crippen LogP contribution in [-0.2, 0) is 21.1 Å². The fourth-order valence-corrected chi connectivity index (χ4v) is 12.3. The van der Waals surface area contributed by atoms with E-state index in [1.165, 1.54) is 63.4 Å². The molecule has 0 amide bonds. The van der Waals surface area contributed by atoms with Crippen molar-refractivity contribution in [2.45, 2.75) is 143 Å². The average Bonchev–Trinajstić information content (AvgIpc) is 3.43. The lowest BCUT2D eigenvalue weighted by Gasteiger charge is -2.62. The van der Waals surface area contributed by atoms with Gasteiger partial charge in [-0.3, -0.25) is 4.55 Å². The Balaban J connectivity index is 1.02. The van der Waals surface area contributed by atoms with Crippen molar-refractivity contribution in [1.29, 1.82) is 0 Å². The average molecular weight is 718 g/mol. The van der Waals surface area contributed by atoms with E-state index in [0.29, 0.717) is 53.4 Å². The van der Waals surface area contributed by atoms with Gasteiger partial charge in [0.25, 0.3) is 0 Å². The van der Waals surface area contributed by atoms with Gasteiger partial charge >= 0.3 is 10.4 Å². The summed E-state index contributed by atoms with van der Waals surface area (Å²) in [5, 5.41) is 23.0. The van der Waals surface area contributed by atoms with E-state index < -0.39 is 16.5 Å². The Morgan fingerprint density at radius 2 is 1.52 bits per heavy atom. The quantitative estimate of drug-likeness (QED) is 0.0743. The predicted octanol–water partition coefficient (Wildman–Crippen LogP) is 7.38. The number of aliphatic hydroxyl groups is 1. The van der Waals surface area contributed by atoms with Crippen LogP contribution in [0.3, 0.4) is 0 Å². The molecule has 0 heterocycles. The summed E-state index contributed by atoms with van der Waals surface area (Å²) in [4.78, 5) is 0. The van der Waals surface area contributed by atoms with Gasteiger partial charge < -0.3 is 21.1 Å². The van der Waals surface area contributed by atoms with Crippen molar-refractivity contribution >= 4 is 10.4 Å². The van der Waals surface area contributed by atoms with Crippen LogP contribution < -0.4 is 16.0 Å². The Bertz CT molecular complexity index is 1280. The van der Waals surface area contributed by atoms with Gasteiger partial charge in [0.2, 0.25) is 0 Å². The monoisotopic (exact) mass is 718 g/mol. The highest BCUT2D eigenvalue weighted by molar-refractivity contribution is 7.80. The molecule has 4 saturated carbocycles. The van der Waals surface area contributed by atoms with Crippen molar-refractivity contribution in [3.05, 3.63) is 35.9 Å². The highest BCUT2D eigenvalue weighted by atomic mass is 32.3. The molecular formula is C41H71N3O5S. The molecule has 11 atom stereocenters. The molecule has 9 heteroatoms. The third-order valence-corrected chi connectivity index (χ3v) is 14.9. The molecule has 0 aromatic heterocycles. The fourth-order valence-electron chi connectivity index (χ4n) is 11.6. The summed E-state index contributed by atoms with van der Waals surface area (Å²) in [7, 11) is -4.46. The summed E-state index contributed by atoms with van der Waals surface area (Å²) in [6, 6.07) is 11.2. The number of hydrogen-bond acceptors (Lipinski definition) is 7. The molecule has 0 aliphatic heterocycles. The Morgan fingerprint density at radius 1 is 0.840 bits per heavy atom. The van der Waals surface area contributed by atoms with Gasteiger partial charge in [-0.15, -0.1) is 0 Å². The van der Waals surface area contributed by atoms with E-state index in [1.54, 1.807) is 0 Å². The van der Waals surface area contributed by atoms with Crippen LogP contribution in [0.1, 0.15) is 124 Å². The number of aliphatic hydroxyl groups excluding tert-OH is 1. The number of fused-ring (bicyclic) bond motifs is 5. The van der Waals surface area contributed by atoms with E-state index in [-0.39, 0.29) is 17.4 Å². The molecule has 0 spiro atoms. The van der Waals surface area contributed by atoms with E-state index in [4.69, 9.17) is 4.18 Å². The van der Waals surface area contributed by atoms with Crippen molar-refractivity contribution in [1.82, 2.24) is 16.0 Å². The second kappa shape index (κ2) is 17.8. The number of benzene rings is 1. The predicted molar refractivity (Wildman–Crippen MR) is 203 cm³/mol. The van der Waals surface area contributed by atoms with Gasteiger partial charge in [-0.2, -0.15) is 8.42 Å². The van der Waals surface area contributed by atoms with Crippen molar-refractivity contribution in [3.63, 3.8) is 0 Å². The first-order valence-electron chi connectivity index (χ1n) is 20.3. The normalized spacial score (nSPS) is 35.3. The zero-order chi connectivity index (χ0) is 35.9. The van der Waals surface area contributed by atoms with E-state index in [1.807, 2.05) is 13.8 Å². The topological polar surface area (TPSA) is 120 Å². The van der Waals surface area contributed by atoms with Crippen LogP contribution in [0.2, 0.25) is 0 Å². The maximum absolute atomic E-state index is 11.9. The number of unbranched alkanes of at least 4 members (excludes halogenated alkanes) is 1. The van der Waals surface area contributed by atoms with Gasteiger partial charge in [0.1, 0.15) is 0 Å². The van der Waals surface area contributed by atoms with Gasteiger partial charge in [0.05, 0.1) is 12.2 Å². The minimum absolute atomic E-state index is 0.0127. The Labute approximate surface area is 305 Å². The second-order valence-electron chi connectivity index (χ2n) is 17.8. The summed E-state index contributed by atoms with van der Waals surface area (Å²) in [5.41, 5.74) is 1.88. The van der Waals surface area contributed by atoms with Gasteiger partial charge in [0.15, 0.2) is 0 Å². The molecule has 8 nitrogen and oxygen atoms in total. The molecule has 4 fully saturated rings. The first-order valence-corrected chi connectivity index (χ1v) is 21.7. The number of rotatable bonds is 19. The lowest BCUT2D eigenvalue weighted by Crippen LogP contribution is -2.59. The van der Waals surface area contributed by atoms with Crippen LogP contribution >= 0.6 is 0 Å². The molecule has 286 valence electrons. The van der Waals surface area contributed by atoms with Crippen LogP contribution in [-0.4, -0.2) is 62.5 Å². The Morgan fingerprint density at radius 3 is 2.24 bits per heavy atom. The SMILES string of the molecule is CC(C)[C@@H](CC[C@@H](C)[C@H]1CCC2C3C(CC[C@@]21C)[C@@]1(C)CC[C@H](NCCCNCCCCNCc2ccccc2)C[C@@H]1C[C@H]3O)OS(=O)(=O)O. The smallest absolute Gasteiger partial charge is 0.393 e. The standard InChI is InChI=1S/C41H71N3O5S/c1-29(2)38(49-50(46,47)48)17-14-30(3)34-15-16-35-39-36(19-21-41(34,35)5)40(4)20-18-33(26-32(40)27-37(39)45)44-25-11-24-42-22-9-10-23-43-28-31-12-7-6-8-13-31/h6-8,12-13,29-30,32-39,42-45H,9-11,14-28H2,1-5H3,(H,46,47,48)/t30-,32-,33+,34-,35?,36?,37-,38-,39?,40+,41-/m1/s1. The maximum atomic E-state index is 11.9. The zero-order valence-electron chi connectivity index (χ0n) is 31.9. The molecule has 0 saturated heterocycles. The fraction of sp³-hybridized carbons (Fsp3) is 0.854. The molecule has 5 rings (SSSR count). The summed E-state index contributed by atoms with van der Waals surface area (Å²) >= 11 is 0. The van der Waals surface area contributed by atoms with Crippen LogP contribution in [0, 0.1) is 52.3 Å². The molecule has 4 aliphatic carbocycles. The lowest BCUT2D eigenvalue weighted by atomic mass is 9.43. The van der Waals surface area contributed by atoms with Crippen molar-refractivity contribution in [2.75, 3.05) is 26.2 Å². The minimum atomic E-state index is -4.46. The summed E-state index contributed by atoms with van der Waals surface area (Å²) in [5.74, 6) is 3.19.